The first-order valence-electron chi connectivity index (χ1n) is 5.71. The standard InChI is InChI=1S/C13H14BrN3S2/c1-17(7-10-5-12(14)19-8-10)6-9-2-3-16-11(4-9)13(15)18/h2-5,8H,6-7H2,1H3,(H2,15,18). The van der Waals surface area contributed by atoms with Crippen LogP contribution in [0.1, 0.15) is 16.8 Å². The molecule has 0 radical (unpaired) electrons. The largest absolute Gasteiger partial charge is 0.388 e. The fourth-order valence-corrected chi connectivity index (χ4v) is 3.13. The highest BCUT2D eigenvalue weighted by atomic mass is 79.9. The Morgan fingerprint density at radius 1 is 1.42 bits per heavy atom. The maximum Gasteiger partial charge on any atom is 0.122 e. The van der Waals surface area contributed by atoms with E-state index in [1.165, 1.54) is 5.56 Å². The SMILES string of the molecule is CN(Cc1ccnc(C(N)=S)c1)Cc1csc(Br)c1. The van der Waals surface area contributed by atoms with E-state index in [-0.39, 0.29) is 0 Å². The maximum absolute atomic E-state index is 5.59. The highest BCUT2D eigenvalue weighted by Crippen LogP contribution is 2.21. The van der Waals surface area contributed by atoms with Crippen molar-refractivity contribution in [2.75, 3.05) is 7.05 Å². The van der Waals surface area contributed by atoms with E-state index in [2.05, 4.69) is 44.3 Å². The summed E-state index contributed by atoms with van der Waals surface area (Å²) in [5, 5.41) is 2.16. The smallest absolute Gasteiger partial charge is 0.122 e. The summed E-state index contributed by atoms with van der Waals surface area (Å²) in [6, 6.07) is 6.08. The summed E-state index contributed by atoms with van der Waals surface area (Å²) < 4.78 is 1.16. The lowest BCUT2D eigenvalue weighted by Crippen LogP contribution is -2.18. The number of aromatic nitrogens is 1. The second kappa shape index (κ2) is 6.56. The molecule has 0 amide bonds. The molecule has 3 nitrogen and oxygen atoms in total. The number of hydrogen-bond acceptors (Lipinski definition) is 4. The number of nitrogens with two attached hydrogens (primary N) is 1. The summed E-state index contributed by atoms with van der Waals surface area (Å²) >= 11 is 10.1. The van der Waals surface area contributed by atoms with Gasteiger partial charge in [0.05, 0.1) is 9.48 Å². The molecule has 0 spiro atoms. The molecule has 6 heteroatoms. The van der Waals surface area contributed by atoms with Gasteiger partial charge in [0.25, 0.3) is 0 Å². The highest BCUT2D eigenvalue weighted by molar-refractivity contribution is 9.11. The van der Waals surface area contributed by atoms with Gasteiger partial charge >= 0.3 is 0 Å². The summed E-state index contributed by atoms with van der Waals surface area (Å²) in [7, 11) is 2.09. The molecule has 0 aliphatic heterocycles. The van der Waals surface area contributed by atoms with Gasteiger partial charge in [-0.2, -0.15) is 0 Å². The molecule has 2 N–H and O–H groups in total. The van der Waals surface area contributed by atoms with Crippen LogP contribution in [-0.2, 0) is 13.1 Å². The van der Waals surface area contributed by atoms with Gasteiger partial charge in [-0.15, -0.1) is 11.3 Å². The molecular weight excluding hydrogens is 342 g/mol. The third kappa shape index (κ3) is 4.35. The van der Waals surface area contributed by atoms with Crippen molar-refractivity contribution in [3.63, 3.8) is 0 Å². The lowest BCUT2D eigenvalue weighted by Gasteiger charge is -2.16. The Hall–Kier alpha value is -0.820. The van der Waals surface area contributed by atoms with Crippen molar-refractivity contribution >= 4 is 44.5 Å². The van der Waals surface area contributed by atoms with Crippen LogP contribution in [0.5, 0.6) is 0 Å². The van der Waals surface area contributed by atoms with Crippen LogP contribution in [-0.4, -0.2) is 21.9 Å². The van der Waals surface area contributed by atoms with Crippen LogP contribution >= 0.6 is 39.5 Å². The van der Waals surface area contributed by atoms with Crippen molar-refractivity contribution in [1.82, 2.24) is 9.88 Å². The first kappa shape index (κ1) is 14.6. The molecule has 2 rings (SSSR count). The molecule has 0 atom stereocenters. The van der Waals surface area contributed by atoms with Crippen molar-refractivity contribution in [3.05, 3.63) is 50.4 Å². The molecule has 0 saturated heterocycles. The molecule has 2 aromatic rings. The molecule has 19 heavy (non-hydrogen) atoms. The molecule has 0 aliphatic carbocycles. The zero-order valence-corrected chi connectivity index (χ0v) is 13.7. The van der Waals surface area contributed by atoms with Crippen LogP contribution < -0.4 is 5.73 Å². The average molecular weight is 356 g/mol. The molecule has 0 fully saturated rings. The normalized spacial score (nSPS) is 10.9. The van der Waals surface area contributed by atoms with Gasteiger partial charge in [0.1, 0.15) is 4.99 Å². The Balaban J connectivity index is 2.00. The molecule has 0 unspecified atom stereocenters. The van der Waals surface area contributed by atoms with Crippen LogP contribution in [0.15, 0.2) is 33.6 Å². The quantitative estimate of drug-likeness (QED) is 0.836. The zero-order valence-electron chi connectivity index (χ0n) is 10.5. The first-order valence-corrected chi connectivity index (χ1v) is 7.79. The van der Waals surface area contributed by atoms with Gasteiger partial charge in [0, 0.05) is 19.3 Å². The van der Waals surface area contributed by atoms with Gasteiger partial charge in [-0.25, -0.2) is 0 Å². The molecule has 0 aliphatic rings. The molecule has 2 heterocycles. The molecule has 0 aromatic carbocycles. The summed E-state index contributed by atoms with van der Waals surface area (Å²) in [5.41, 5.74) is 8.74. The second-order valence-corrected chi connectivity index (χ2v) is 7.08. The second-order valence-electron chi connectivity index (χ2n) is 4.34. The van der Waals surface area contributed by atoms with Crippen molar-refractivity contribution in [2.45, 2.75) is 13.1 Å². The minimum atomic E-state index is 0.339. The minimum Gasteiger partial charge on any atom is -0.388 e. The van der Waals surface area contributed by atoms with E-state index in [9.17, 15) is 0 Å². The molecule has 100 valence electrons. The van der Waals surface area contributed by atoms with E-state index in [4.69, 9.17) is 18.0 Å². The van der Waals surface area contributed by atoms with Gasteiger partial charge in [0.2, 0.25) is 0 Å². The molecule has 2 aromatic heterocycles. The van der Waals surface area contributed by atoms with Crippen LogP contribution in [0.2, 0.25) is 0 Å². The zero-order chi connectivity index (χ0) is 13.8. The van der Waals surface area contributed by atoms with Crippen molar-refractivity contribution in [3.8, 4) is 0 Å². The summed E-state index contributed by atoms with van der Waals surface area (Å²) in [6.45, 7) is 1.75. The van der Waals surface area contributed by atoms with E-state index < -0.39 is 0 Å². The van der Waals surface area contributed by atoms with Gasteiger partial charge in [0.15, 0.2) is 0 Å². The lowest BCUT2D eigenvalue weighted by atomic mass is 10.2. The number of thiocarbonyl (C=S) groups is 1. The van der Waals surface area contributed by atoms with Crippen molar-refractivity contribution in [1.29, 1.82) is 0 Å². The predicted octanol–water partition coefficient (Wildman–Crippen LogP) is 3.17. The van der Waals surface area contributed by atoms with E-state index in [0.29, 0.717) is 10.7 Å². The van der Waals surface area contributed by atoms with Gasteiger partial charge in [-0.3, -0.25) is 9.88 Å². The average Bonchev–Trinajstić information content (AvgIpc) is 2.74. The number of thiophene rings is 1. The van der Waals surface area contributed by atoms with Crippen molar-refractivity contribution in [2.24, 2.45) is 5.73 Å². The number of nitrogens with zero attached hydrogens (tertiary/aromatic N) is 2. The fourth-order valence-electron chi connectivity index (χ4n) is 1.82. The van der Waals surface area contributed by atoms with Gasteiger partial charge in [-0.05, 0) is 57.7 Å². The Morgan fingerprint density at radius 3 is 2.79 bits per heavy atom. The number of pyridine rings is 1. The first-order chi connectivity index (χ1) is 9.04. The van der Waals surface area contributed by atoms with E-state index >= 15 is 0 Å². The predicted molar refractivity (Wildman–Crippen MR) is 87.3 cm³/mol. The molecular formula is C13H14BrN3S2. The van der Waals surface area contributed by atoms with Crippen molar-refractivity contribution < 1.29 is 0 Å². The highest BCUT2D eigenvalue weighted by Gasteiger charge is 2.05. The van der Waals surface area contributed by atoms with E-state index in [1.807, 2.05) is 12.1 Å². The third-order valence-electron chi connectivity index (χ3n) is 2.60. The Morgan fingerprint density at radius 2 is 2.16 bits per heavy atom. The van der Waals surface area contributed by atoms with Crippen LogP contribution in [0.4, 0.5) is 0 Å². The van der Waals surface area contributed by atoms with Gasteiger partial charge in [-0.1, -0.05) is 12.2 Å². The minimum absolute atomic E-state index is 0.339. The molecule has 0 saturated carbocycles. The van der Waals surface area contributed by atoms with Crippen LogP contribution in [0.25, 0.3) is 0 Å². The Bertz CT molecular complexity index is 583. The van der Waals surface area contributed by atoms with Crippen LogP contribution in [0.3, 0.4) is 0 Å². The third-order valence-corrected chi connectivity index (χ3v) is 4.37. The monoisotopic (exact) mass is 355 g/mol. The summed E-state index contributed by atoms with van der Waals surface area (Å²) in [6.07, 6.45) is 1.75. The Labute approximate surface area is 130 Å². The summed E-state index contributed by atoms with van der Waals surface area (Å²) in [5.74, 6) is 0. The molecule has 0 bridgehead atoms. The number of rotatable bonds is 5. The maximum atomic E-state index is 5.59. The fraction of sp³-hybridized carbons (Fsp3) is 0.231. The van der Waals surface area contributed by atoms with E-state index in [1.54, 1.807) is 17.5 Å². The topological polar surface area (TPSA) is 42.2 Å². The number of hydrogen-bond donors (Lipinski definition) is 1. The lowest BCUT2D eigenvalue weighted by molar-refractivity contribution is 0.319. The van der Waals surface area contributed by atoms with Crippen LogP contribution in [0, 0.1) is 0 Å². The Kier molecular flexibility index (Phi) is 5.04. The number of halogens is 1. The van der Waals surface area contributed by atoms with Gasteiger partial charge < -0.3 is 5.73 Å². The van der Waals surface area contributed by atoms with E-state index in [0.717, 1.165) is 22.4 Å². The summed E-state index contributed by atoms with van der Waals surface area (Å²) in [4.78, 5) is 6.73.